The van der Waals surface area contributed by atoms with Crippen molar-refractivity contribution in [2.45, 2.75) is 32.7 Å². The highest BCUT2D eigenvalue weighted by Gasteiger charge is 2.19. The van der Waals surface area contributed by atoms with Crippen LogP contribution >= 0.6 is 0 Å². The molecule has 0 aliphatic heterocycles. The summed E-state index contributed by atoms with van der Waals surface area (Å²) in [5.74, 6) is 0. The van der Waals surface area contributed by atoms with Gasteiger partial charge >= 0.3 is 0 Å². The molecule has 0 saturated heterocycles. The Kier molecular flexibility index (Phi) is 3.29. The summed E-state index contributed by atoms with van der Waals surface area (Å²) in [6.07, 6.45) is 0.724. The van der Waals surface area contributed by atoms with Crippen molar-refractivity contribution in [3.8, 4) is 0 Å². The maximum Gasteiger partial charge on any atom is 0.0611 e. The van der Waals surface area contributed by atoms with Crippen molar-refractivity contribution < 1.29 is 5.11 Å². The van der Waals surface area contributed by atoms with Crippen molar-refractivity contribution in [2.24, 2.45) is 5.73 Å². The van der Waals surface area contributed by atoms with Gasteiger partial charge in [0.1, 0.15) is 0 Å². The molecule has 0 fully saturated rings. The van der Waals surface area contributed by atoms with Gasteiger partial charge in [0.25, 0.3) is 0 Å². The first-order valence-electron chi connectivity index (χ1n) is 4.91. The van der Waals surface area contributed by atoms with E-state index in [2.05, 4.69) is 26.0 Å². The number of hydrogen-bond donors (Lipinski definition) is 2. The van der Waals surface area contributed by atoms with E-state index in [0.717, 1.165) is 6.42 Å². The van der Waals surface area contributed by atoms with E-state index in [9.17, 15) is 0 Å². The van der Waals surface area contributed by atoms with E-state index in [1.165, 1.54) is 16.7 Å². The van der Waals surface area contributed by atoms with Crippen LogP contribution < -0.4 is 5.73 Å². The molecule has 0 heterocycles. The van der Waals surface area contributed by atoms with Crippen molar-refractivity contribution in [1.29, 1.82) is 0 Å². The van der Waals surface area contributed by atoms with Crippen LogP contribution in [0.1, 0.15) is 23.6 Å². The molecule has 0 saturated carbocycles. The second-order valence-electron chi connectivity index (χ2n) is 4.36. The molecular formula is C12H19NO. The van der Waals surface area contributed by atoms with Gasteiger partial charge in [0, 0.05) is 5.54 Å². The van der Waals surface area contributed by atoms with Gasteiger partial charge in [0.2, 0.25) is 0 Å². The van der Waals surface area contributed by atoms with Crippen molar-refractivity contribution in [2.75, 3.05) is 6.61 Å². The molecule has 1 atom stereocenters. The largest absolute Gasteiger partial charge is 0.394 e. The predicted molar refractivity (Wildman–Crippen MR) is 59.3 cm³/mol. The van der Waals surface area contributed by atoms with Crippen LogP contribution in [0.2, 0.25) is 0 Å². The normalized spacial score (nSPS) is 15.2. The monoisotopic (exact) mass is 193 g/mol. The van der Waals surface area contributed by atoms with Crippen LogP contribution in [0.4, 0.5) is 0 Å². The zero-order chi connectivity index (χ0) is 10.8. The molecule has 0 spiro atoms. The first kappa shape index (κ1) is 11.2. The van der Waals surface area contributed by atoms with Gasteiger partial charge in [0.05, 0.1) is 6.61 Å². The SMILES string of the molecule is Cc1cccc(C)c1CC(C)(N)CO. The number of hydrogen-bond acceptors (Lipinski definition) is 2. The highest BCUT2D eigenvalue weighted by atomic mass is 16.3. The number of aryl methyl sites for hydroxylation is 2. The van der Waals surface area contributed by atoms with Crippen LogP contribution in [-0.2, 0) is 6.42 Å². The molecular weight excluding hydrogens is 174 g/mol. The first-order valence-corrected chi connectivity index (χ1v) is 4.91. The Bertz CT molecular complexity index is 298. The van der Waals surface area contributed by atoms with E-state index in [-0.39, 0.29) is 6.61 Å². The second kappa shape index (κ2) is 4.11. The molecule has 1 rings (SSSR count). The van der Waals surface area contributed by atoms with Gasteiger partial charge in [-0.25, -0.2) is 0 Å². The fourth-order valence-corrected chi connectivity index (χ4v) is 1.59. The van der Waals surface area contributed by atoms with Gasteiger partial charge in [0.15, 0.2) is 0 Å². The summed E-state index contributed by atoms with van der Waals surface area (Å²) in [5, 5.41) is 9.11. The number of rotatable bonds is 3. The van der Waals surface area contributed by atoms with Crippen LogP contribution in [0.5, 0.6) is 0 Å². The molecule has 1 aromatic rings. The molecule has 0 radical (unpaired) electrons. The molecule has 14 heavy (non-hydrogen) atoms. The topological polar surface area (TPSA) is 46.2 Å². The summed E-state index contributed by atoms with van der Waals surface area (Å²) >= 11 is 0. The molecule has 1 aromatic carbocycles. The van der Waals surface area contributed by atoms with E-state index < -0.39 is 5.54 Å². The number of aliphatic hydroxyl groups is 1. The second-order valence-corrected chi connectivity index (χ2v) is 4.36. The minimum Gasteiger partial charge on any atom is -0.394 e. The summed E-state index contributed by atoms with van der Waals surface area (Å²) in [6.45, 7) is 6.05. The zero-order valence-corrected chi connectivity index (χ0v) is 9.17. The Morgan fingerprint density at radius 3 is 2.21 bits per heavy atom. The zero-order valence-electron chi connectivity index (χ0n) is 9.17. The van der Waals surface area contributed by atoms with E-state index in [1.807, 2.05) is 13.0 Å². The first-order chi connectivity index (χ1) is 6.46. The maximum atomic E-state index is 9.11. The maximum absolute atomic E-state index is 9.11. The minimum atomic E-state index is -0.517. The van der Waals surface area contributed by atoms with Gasteiger partial charge in [-0.3, -0.25) is 0 Å². The lowest BCUT2D eigenvalue weighted by atomic mass is 9.89. The third-order valence-corrected chi connectivity index (χ3v) is 2.59. The van der Waals surface area contributed by atoms with E-state index in [0.29, 0.717) is 0 Å². The van der Waals surface area contributed by atoms with Crippen molar-refractivity contribution in [3.63, 3.8) is 0 Å². The van der Waals surface area contributed by atoms with Crippen molar-refractivity contribution in [1.82, 2.24) is 0 Å². The average molecular weight is 193 g/mol. The third-order valence-electron chi connectivity index (χ3n) is 2.59. The van der Waals surface area contributed by atoms with E-state index in [4.69, 9.17) is 10.8 Å². The summed E-state index contributed by atoms with van der Waals surface area (Å²) < 4.78 is 0. The van der Waals surface area contributed by atoms with Gasteiger partial charge < -0.3 is 10.8 Å². The molecule has 1 unspecified atom stereocenters. The Morgan fingerprint density at radius 1 is 1.29 bits per heavy atom. The van der Waals surface area contributed by atoms with Gasteiger partial charge in [-0.05, 0) is 43.9 Å². The quantitative estimate of drug-likeness (QED) is 0.765. The molecule has 3 N–H and O–H groups in total. The lowest BCUT2D eigenvalue weighted by Crippen LogP contribution is -2.42. The third kappa shape index (κ3) is 2.56. The Hall–Kier alpha value is -0.860. The molecule has 0 aromatic heterocycles. The van der Waals surface area contributed by atoms with Crippen LogP contribution in [0.25, 0.3) is 0 Å². The number of aliphatic hydroxyl groups excluding tert-OH is 1. The van der Waals surface area contributed by atoms with Crippen LogP contribution in [-0.4, -0.2) is 17.3 Å². The van der Waals surface area contributed by atoms with Crippen molar-refractivity contribution in [3.05, 3.63) is 34.9 Å². The Balaban J connectivity index is 2.97. The molecule has 0 aliphatic rings. The summed E-state index contributed by atoms with van der Waals surface area (Å²) in [7, 11) is 0. The van der Waals surface area contributed by atoms with Gasteiger partial charge in [-0.1, -0.05) is 18.2 Å². The molecule has 78 valence electrons. The fraction of sp³-hybridized carbons (Fsp3) is 0.500. The number of benzene rings is 1. The highest BCUT2D eigenvalue weighted by molar-refractivity contribution is 5.34. The summed E-state index contributed by atoms with van der Waals surface area (Å²) in [4.78, 5) is 0. The van der Waals surface area contributed by atoms with Crippen LogP contribution in [0, 0.1) is 13.8 Å². The Morgan fingerprint density at radius 2 is 1.79 bits per heavy atom. The van der Waals surface area contributed by atoms with E-state index in [1.54, 1.807) is 0 Å². The van der Waals surface area contributed by atoms with Gasteiger partial charge in [-0.15, -0.1) is 0 Å². The molecule has 0 amide bonds. The van der Waals surface area contributed by atoms with E-state index >= 15 is 0 Å². The molecule has 2 nitrogen and oxygen atoms in total. The smallest absolute Gasteiger partial charge is 0.0611 e. The molecule has 0 aliphatic carbocycles. The molecule has 2 heteroatoms. The molecule has 0 bridgehead atoms. The Labute approximate surface area is 85.8 Å². The van der Waals surface area contributed by atoms with Crippen molar-refractivity contribution >= 4 is 0 Å². The van der Waals surface area contributed by atoms with Gasteiger partial charge in [-0.2, -0.15) is 0 Å². The average Bonchev–Trinajstić information content (AvgIpc) is 2.12. The summed E-state index contributed by atoms with van der Waals surface area (Å²) in [6, 6.07) is 6.20. The lowest BCUT2D eigenvalue weighted by molar-refractivity contribution is 0.208. The standard InChI is InChI=1S/C12H19NO/c1-9-5-4-6-10(2)11(9)7-12(3,13)8-14/h4-6,14H,7-8,13H2,1-3H3. The predicted octanol–water partition coefficient (Wildman–Crippen LogP) is 1.56. The van der Waals surface area contributed by atoms with Crippen LogP contribution in [0.3, 0.4) is 0 Å². The summed E-state index contributed by atoms with van der Waals surface area (Å²) in [5.41, 5.74) is 9.17. The van der Waals surface area contributed by atoms with Crippen LogP contribution in [0.15, 0.2) is 18.2 Å². The number of nitrogens with two attached hydrogens (primary N) is 1. The fourth-order valence-electron chi connectivity index (χ4n) is 1.59. The minimum absolute atomic E-state index is 0.0147. The highest BCUT2D eigenvalue weighted by Crippen LogP contribution is 2.18. The lowest BCUT2D eigenvalue weighted by Gasteiger charge is -2.23.